The number of benzene rings is 1. The topological polar surface area (TPSA) is 12.0 Å². The Labute approximate surface area is 125 Å². The Balaban J connectivity index is 2.17. The third-order valence-electron chi connectivity index (χ3n) is 4.21. The zero-order chi connectivity index (χ0) is 13.1. The average molecular weight is 357 g/mol. The van der Waals surface area contributed by atoms with E-state index in [0.29, 0.717) is 6.04 Å². The molecular formula is C16H24IN. The number of rotatable bonds is 3. The van der Waals surface area contributed by atoms with E-state index in [9.17, 15) is 0 Å². The molecule has 1 saturated carbocycles. The standard InChI is InChI=1S/C16H24IN/c1-11-7-12(2)9-14(8-11)16(18-3)13-5-4-6-15(17)10-13/h4-6,10-12,14,16,18H,7-9H2,1-3H3. The highest BCUT2D eigenvalue weighted by Crippen LogP contribution is 2.39. The lowest BCUT2D eigenvalue weighted by atomic mass is 9.72. The van der Waals surface area contributed by atoms with Crippen molar-refractivity contribution in [1.29, 1.82) is 0 Å². The van der Waals surface area contributed by atoms with Crippen LogP contribution in [0.4, 0.5) is 0 Å². The molecule has 1 aliphatic carbocycles. The first-order valence-corrected chi connectivity index (χ1v) is 8.10. The van der Waals surface area contributed by atoms with E-state index >= 15 is 0 Å². The lowest BCUT2D eigenvalue weighted by Gasteiger charge is -2.36. The number of hydrogen-bond donors (Lipinski definition) is 1. The lowest BCUT2D eigenvalue weighted by Crippen LogP contribution is -2.31. The molecule has 2 heteroatoms. The molecule has 1 aliphatic rings. The van der Waals surface area contributed by atoms with Gasteiger partial charge in [0.2, 0.25) is 0 Å². The van der Waals surface area contributed by atoms with Gasteiger partial charge in [-0.1, -0.05) is 26.0 Å². The largest absolute Gasteiger partial charge is 0.313 e. The highest BCUT2D eigenvalue weighted by molar-refractivity contribution is 14.1. The van der Waals surface area contributed by atoms with Crippen LogP contribution in [0.1, 0.15) is 44.7 Å². The van der Waals surface area contributed by atoms with Gasteiger partial charge < -0.3 is 5.32 Å². The van der Waals surface area contributed by atoms with Crippen LogP contribution in [0.2, 0.25) is 0 Å². The Kier molecular flexibility index (Phi) is 5.07. The first kappa shape index (κ1) is 14.3. The van der Waals surface area contributed by atoms with Crippen LogP contribution in [-0.4, -0.2) is 7.05 Å². The molecule has 1 nitrogen and oxygen atoms in total. The third-order valence-corrected chi connectivity index (χ3v) is 4.88. The minimum Gasteiger partial charge on any atom is -0.313 e. The van der Waals surface area contributed by atoms with Crippen molar-refractivity contribution in [3.8, 4) is 0 Å². The first-order chi connectivity index (χ1) is 8.60. The number of hydrogen-bond acceptors (Lipinski definition) is 1. The van der Waals surface area contributed by atoms with Crippen molar-refractivity contribution in [2.24, 2.45) is 17.8 Å². The monoisotopic (exact) mass is 357 g/mol. The van der Waals surface area contributed by atoms with Crippen molar-refractivity contribution in [2.75, 3.05) is 7.05 Å². The summed E-state index contributed by atoms with van der Waals surface area (Å²) in [5.74, 6) is 2.53. The maximum absolute atomic E-state index is 3.55. The summed E-state index contributed by atoms with van der Waals surface area (Å²) < 4.78 is 1.34. The van der Waals surface area contributed by atoms with E-state index in [1.807, 2.05) is 0 Å². The molecule has 0 aromatic heterocycles. The van der Waals surface area contributed by atoms with Crippen LogP contribution in [0.3, 0.4) is 0 Å². The van der Waals surface area contributed by atoms with Gasteiger partial charge in [0, 0.05) is 9.61 Å². The normalized spacial score (nSPS) is 30.1. The second-order valence-electron chi connectivity index (χ2n) is 6.00. The van der Waals surface area contributed by atoms with Crippen LogP contribution < -0.4 is 5.32 Å². The molecule has 2 rings (SSSR count). The van der Waals surface area contributed by atoms with Gasteiger partial charge >= 0.3 is 0 Å². The van der Waals surface area contributed by atoms with Gasteiger partial charge in [-0.25, -0.2) is 0 Å². The van der Waals surface area contributed by atoms with E-state index in [0.717, 1.165) is 17.8 Å². The Morgan fingerprint density at radius 3 is 2.39 bits per heavy atom. The minimum atomic E-state index is 0.518. The zero-order valence-corrected chi connectivity index (χ0v) is 13.8. The van der Waals surface area contributed by atoms with Crippen LogP contribution in [-0.2, 0) is 0 Å². The van der Waals surface area contributed by atoms with Crippen LogP contribution in [0.25, 0.3) is 0 Å². The van der Waals surface area contributed by atoms with Gasteiger partial charge in [-0.2, -0.15) is 0 Å². The lowest BCUT2D eigenvalue weighted by molar-refractivity contribution is 0.180. The van der Waals surface area contributed by atoms with E-state index in [4.69, 9.17) is 0 Å². The van der Waals surface area contributed by atoms with E-state index in [-0.39, 0.29) is 0 Å². The van der Waals surface area contributed by atoms with Crippen LogP contribution in [0.15, 0.2) is 24.3 Å². The molecule has 0 spiro atoms. The first-order valence-electron chi connectivity index (χ1n) is 7.03. The molecule has 0 amide bonds. The fourth-order valence-corrected chi connectivity index (χ4v) is 4.22. The fraction of sp³-hybridized carbons (Fsp3) is 0.625. The van der Waals surface area contributed by atoms with Crippen molar-refractivity contribution in [3.63, 3.8) is 0 Å². The molecule has 0 bridgehead atoms. The van der Waals surface area contributed by atoms with E-state index in [1.165, 1.54) is 28.4 Å². The minimum absolute atomic E-state index is 0.518. The van der Waals surface area contributed by atoms with Gasteiger partial charge in [0.25, 0.3) is 0 Å². The Hall–Kier alpha value is -0.0900. The van der Waals surface area contributed by atoms with Crippen molar-refractivity contribution < 1.29 is 0 Å². The van der Waals surface area contributed by atoms with Crippen molar-refractivity contribution in [2.45, 2.75) is 39.2 Å². The highest BCUT2D eigenvalue weighted by Gasteiger charge is 2.30. The molecule has 1 aromatic rings. The molecule has 0 radical (unpaired) electrons. The molecule has 0 heterocycles. The van der Waals surface area contributed by atoms with Gasteiger partial charge in [0.1, 0.15) is 0 Å². The Bertz CT molecular complexity index is 380. The summed E-state index contributed by atoms with van der Waals surface area (Å²) in [6.07, 6.45) is 4.13. The van der Waals surface area contributed by atoms with Gasteiger partial charge in [-0.05, 0) is 84.4 Å². The highest BCUT2D eigenvalue weighted by atomic mass is 127. The van der Waals surface area contributed by atoms with Gasteiger partial charge in [-0.3, -0.25) is 0 Å². The molecule has 18 heavy (non-hydrogen) atoms. The third kappa shape index (κ3) is 3.47. The second-order valence-corrected chi connectivity index (χ2v) is 7.24. The Morgan fingerprint density at radius 2 is 1.83 bits per heavy atom. The number of halogens is 1. The molecule has 100 valence electrons. The van der Waals surface area contributed by atoms with Gasteiger partial charge in [0.05, 0.1) is 0 Å². The molecule has 3 atom stereocenters. The predicted octanol–water partition coefficient (Wildman–Crippen LogP) is 4.62. The van der Waals surface area contributed by atoms with Crippen molar-refractivity contribution in [3.05, 3.63) is 33.4 Å². The van der Waals surface area contributed by atoms with Crippen LogP contribution in [0.5, 0.6) is 0 Å². The van der Waals surface area contributed by atoms with Crippen molar-refractivity contribution in [1.82, 2.24) is 5.32 Å². The Morgan fingerprint density at radius 1 is 1.17 bits per heavy atom. The van der Waals surface area contributed by atoms with E-state index in [1.54, 1.807) is 0 Å². The predicted molar refractivity (Wildman–Crippen MR) is 86.6 cm³/mol. The van der Waals surface area contributed by atoms with E-state index < -0.39 is 0 Å². The fourth-order valence-electron chi connectivity index (χ4n) is 3.66. The summed E-state index contributed by atoms with van der Waals surface area (Å²) in [7, 11) is 2.11. The molecule has 1 fully saturated rings. The zero-order valence-electron chi connectivity index (χ0n) is 11.6. The average Bonchev–Trinajstić information content (AvgIpc) is 2.28. The summed E-state index contributed by atoms with van der Waals surface area (Å²) in [6.45, 7) is 4.81. The number of nitrogens with one attached hydrogen (secondary N) is 1. The molecule has 1 N–H and O–H groups in total. The smallest absolute Gasteiger partial charge is 0.0346 e. The quantitative estimate of drug-likeness (QED) is 0.778. The SMILES string of the molecule is CNC(c1cccc(I)c1)C1CC(C)CC(C)C1. The molecule has 3 unspecified atom stereocenters. The maximum atomic E-state index is 3.55. The summed E-state index contributed by atoms with van der Waals surface area (Å²) in [5.41, 5.74) is 1.45. The second kappa shape index (κ2) is 6.38. The van der Waals surface area contributed by atoms with E-state index in [2.05, 4.69) is 73.1 Å². The van der Waals surface area contributed by atoms with Crippen LogP contribution >= 0.6 is 22.6 Å². The van der Waals surface area contributed by atoms with Crippen LogP contribution in [0, 0.1) is 21.3 Å². The van der Waals surface area contributed by atoms with Crippen molar-refractivity contribution >= 4 is 22.6 Å². The summed E-state index contributed by atoms with van der Waals surface area (Å²) in [6, 6.07) is 9.46. The molecule has 0 saturated heterocycles. The molecular weight excluding hydrogens is 333 g/mol. The molecule has 0 aliphatic heterocycles. The summed E-state index contributed by atoms with van der Waals surface area (Å²) in [5, 5.41) is 3.55. The summed E-state index contributed by atoms with van der Waals surface area (Å²) >= 11 is 2.41. The maximum Gasteiger partial charge on any atom is 0.0346 e. The molecule has 1 aromatic carbocycles. The van der Waals surface area contributed by atoms with Gasteiger partial charge in [-0.15, -0.1) is 0 Å². The van der Waals surface area contributed by atoms with Gasteiger partial charge in [0.15, 0.2) is 0 Å². The summed E-state index contributed by atoms with van der Waals surface area (Å²) in [4.78, 5) is 0.